The lowest BCUT2D eigenvalue weighted by atomic mass is 10.1. The predicted molar refractivity (Wildman–Crippen MR) is 138 cm³/mol. The Morgan fingerprint density at radius 3 is 2.68 bits per heavy atom. The number of thiophene rings is 1. The Labute approximate surface area is 201 Å². The van der Waals surface area contributed by atoms with E-state index in [-0.39, 0.29) is 11.8 Å². The number of nitrogens with zero attached hydrogens (tertiary/aromatic N) is 2. The van der Waals surface area contributed by atoms with Crippen molar-refractivity contribution in [3.05, 3.63) is 77.3 Å². The van der Waals surface area contributed by atoms with E-state index in [0.717, 1.165) is 29.8 Å². The molecule has 5 rings (SSSR count). The summed E-state index contributed by atoms with van der Waals surface area (Å²) in [7, 11) is 1.81. The number of benzene rings is 2. The molecule has 2 amide bonds. The lowest BCUT2D eigenvalue weighted by Gasteiger charge is -2.18. The van der Waals surface area contributed by atoms with Crippen LogP contribution >= 0.6 is 11.3 Å². The number of amides is 2. The van der Waals surface area contributed by atoms with Crippen molar-refractivity contribution < 1.29 is 9.59 Å². The summed E-state index contributed by atoms with van der Waals surface area (Å²) in [5, 5.41) is 9.88. The second kappa shape index (κ2) is 9.15. The maximum Gasteiger partial charge on any atom is 0.252 e. The molecule has 0 saturated heterocycles. The van der Waals surface area contributed by atoms with Gasteiger partial charge in [0.1, 0.15) is 5.82 Å². The molecule has 1 saturated carbocycles. The van der Waals surface area contributed by atoms with Gasteiger partial charge < -0.3 is 21.3 Å². The topological polar surface area (TPSA) is 100 Å². The number of nitrogens with two attached hydrogens (primary N) is 1. The highest BCUT2D eigenvalue weighted by atomic mass is 32.1. The second-order valence-electron chi connectivity index (χ2n) is 8.43. The van der Waals surface area contributed by atoms with E-state index in [1.807, 2.05) is 37.4 Å². The predicted octanol–water partition coefficient (Wildman–Crippen LogP) is 5.12. The summed E-state index contributed by atoms with van der Waals surface area (Å²) in [4.78, 5) is 30.3. The van der Waals surface area contributed by atoms with Crippen LogP contribution < -0.4 is 21.3 Å². The summed E-state index contributed by atoms with van der Waals surface area (Å²) in [6.45, 7) is 0.553. The van der Waals surface area contributed by atoms with Gasteiger partial charge in [-0.15, -0.1) is 11.3 Å². The molecule has 8 heteroatoms. The van der Waals surface area contributed by atoms with Crippen molar-refractivity contribution in [2.24, 2.45) is 11.7 Å². The maximum atomic E-state index is 12.3. The van der Waals surface area contributed by atoms with Crippen molar-refractivity contribution in [3.8, 4) is 0 Å². The van der Waals surface area contributed by atoms with Gasteiger partial charge in [0.15, 0.2) is 0 Å². The molecule has 172 valence electrons. The van der Waals surface area contributed by atoms with E-state index < -0.39 is 5.91 Å². The molecule has 0 atom stereocenters. The zero-order valence-corrected chi connectivity index (χ0v) is 19.6. The Balaban J connectivity index is 1.32. The zero-order valence-electron chi connectivity index (χ0n) is 18.7. The van der Waals surface area contributed by atoms with Crippen LogP contribution in [0.15, 0.2) is 66.2 Å². The molecule has 2 heterocycles. The van der Waals surface area contributed by atoms with Gasteiger partial charge in [0.25, 0.3) is 5.91 Å². The summed E-state index contributed by atoms with van der Waals surface area (Å²) in [6.07, 6.45) is 3.44. The third-order valence-electron chi connectivity index (χ3n) is 5.98. The maximum absolute atomic E-state index is 12.3. The van der Waals surface area contributed by atoms with Gasteiger partial charge in [0.05, 0.1) is 11.3 Å². The molecule has 34 heavy (non-hydrogen) atoms. The Hall–Kier alpha value is -3.91. The van der Waals surface area contributed by atoms with Crippen molar-refractivity contribution in [1.82, 2.24) is 4.98 Å². The Kier molecular flexibility index (Phi) is 5.90. The molecular formula is C26H25N5O2S. The van der Waals surface area contributed by atoms with Crippen LogP contribution in [0.5, 0.6) is 0 Å². The summed E-state index contributed by atoms with van der Waals surface area (Å²) in [5.74, 6) is 0.382. The van der Waals surface area contributed by atoms with E-state index in [1.165, 1.54) is 16.3 Å². The van der Waals surface area contributed by atoms with Crippen LogP contribution in [0.1, 0.15) is 28.8 Å². The number of primary amides is 1. The summed E-state index contributed by atoms with van der Waals surface area (Å²) in [5.41, 5.74) is 9.36. The standard InChI is InChI=1S/C26H25N5O2S/c1-31(26(33)17-5-6-17)20-9-7-19(8-10-20)30-23-13-22(21(15-29-23)25(27)32)28-14-18-4-2-3-16-11-12-34-24(16)18/h2-4,7-13,15,17H,5-6,14H2,1H3,(H2,27,32)(H2,28,29,30). The van der Waals surface area contributed by atoms with Crippen LogP contribution in [0, 0.1) is 5.92 Å². The minimum atomic E-state index is -0.538. The fourth-order valence-corrected chi connectivity index (χ4v) is 4.81. The number of hydrogen-bond donors (Lipinski definition) is 3. The van der Waals surface area contributed by atoms with E-state index in [0.29, 0.717) is 23.6 Å². The largest absolute Gasteiger partial charge is 0.380 e. The molecule has 7 nitrogen and oxygen atoms in total. The number of hydrogen-bond acceptors (Lipinski definition) is 6. The molecule has 2 aromatic carbocycles. The first-order valence-electron chi connectivity index (χ1n) is 11.1. The number of rotatable bonds is 8. The van der Waals surface area contributed by atoms with Gasteiger partial charge in [-0.05, 0) is 59.5 Å². The summed E-state index contributed by atoms with van der Waals surface area (Å²) < 4.78 is 1.22. The summed E-state index contributed by atoms with van der Waals surface area (Å²) in [6, 6.07) is 17.7. The fraction of sp³-hybridized carbons (Fsp3) is 0.192. The van der Waals surface area contributed by atoms with Gasteiger partial charge >= 0.3 is 0 Å². The Morgan fingerprint density at radius 2 is 1.94 bits per heavy atom. The molecule has 4 aromatic rings. The normalized spacial score (nSPS) is 13.0. The van der Waals surface area contributed by atoms with Gasteiger partial charge in [-0.25, -0.2) is 4.98 Å². The van der Waals surface area contributed by atoms with Crippen molar-refractivity contribution in [2.45, 2.75) is 19.4 Å². The SMILES string of the molecule is CN(C(=O)C1CC1)c1ccc(Nc2cc(NCc3cccc4ccsc34)c(C(N)=O)cn2)cc1. The number of fused-ring (bicyclic) bond motifs is 1. The van der Waals surface area contributed by atoms with Gasteiger partial charge in [0, 0.05) is 47.8 Å². The quantitative estimate of drug-likeness (QED) is 0.331. The minimum absolute atomic E-state index is 0.165. The summed E-state index contributed by atoms with van der Waals surface area (Å²) >= 11 is 1.69. The van der Waals surface area contributed by atoms with Crippen LogP contribution in [0.3, 0.4) is 0 Å². The van der Waals surface area contributed by atoms with Crippen molar-refractivity contribution in [3.63, 3.8) is 0 Å². The third-order valence-corrected chi connectivity index (χ3v) is 6.99. The van der Waals surface area contributed by atoms with E-state index in [2.05, 4.69) is 39.2 Å². The third kappa shape index (κ3) is 4.58. The molecule has 0 unspecified atom stereocenters. The van der Waals surface area contributed by atoms with Crippen LogP contribution in [-0.4, -0.2) is 23.8 Å². The van der Waals surface area contributed by atoms with Gasteiger partial charge in [0.2, 0.25) is 5.91 Å². The average Bonchev–Trinajstić information content (AvgIpc) is 3.58. The number of anilines is 4. The highest BCUT2D eigenvalue weighted by molar-refractivity contribution is 7.17. The molecule has 0 aliphatic heterocycles. The van der Waals surface area contributed by atoms with E-state index in [9.17, 15) is 9.59 Å². The van der Waals surface area contributed by atoms with Crippen molar-refractivity contribution >= 4 is 56.1 Å². The molecule has 1 fully saturated rings. The Morgan fingerprint density at radius 1 is 1.15 bits per heavy atom. The van der Waals surface area contributed by atoms with Crippen molar-refractivity contribution in [2.75, 3.05) is 22.6 Å². The lowest BCUT2D eigenvalue weighted by Crippen LogP contribution is -2.27. The highest BCUT2D eigenvalue weighted by Crippen LogP contribution is 2.33. The van der Waals surface area contributed by atoms with E-state index >= 15 is 0 Å². The average molecular weight is 472 g/mol. The number of carbonyl (C=O) groups excluding carboxylic acids is 2. The molecule has 2 aromatic heterocycles. The second-order valence-corrected chi connectivity index (χ2v) is 9.35. The van der Waals surface area contributed by atoms with E-state index in [4.69, 9.17) is 5.73 Å². The van der Waals surface area contributed by atoms with Crippen LogP contribution in [0.2, 0.25) is 0 Å². The number of carbonyl (C=O) groups is 2. The highest BCUT2D eigenvalue weighted by Gasteiger charge is 2.32. The molecule has 4 N–H and O–H groups in total. The van der Waals surface area contributed by atoms with Crippen molar-refractivity contribution in [1.29, 1.82) is 0 Å². The number of pyridine rings is 1. The Bertz CT molecular complexity index is 1360. The van der Waals surface area contributed by atoms with Gasteiger partial charge in [-0.3, -0.25) is 9.59 Å². The van der Waals surface area contributed by atoms with Crippen LogP contribution in [0.4, 0.5) is 22.9 Å². The minimum Gasteiger partial charge on any atom is -0.380 e. The molecule has 1 aliphatic carbocycles. The lowest BCUT2D eigenvalue weighted by molar-refractivity contribution is -0.119. The number of aromatic nitrogens is 1. The smallest absolute Gasteiger partial charge is 0.252 e. The molecular weight excluding hydrogens is 446 g/mol. The van der Waals surface area contributed by atoms with E-state index in [1.54, 1.807) is 22.3 Å². The fourth-order valence-electron chi connectivity index (χ4n) is 3.90. The van der Waals surface area contributed by atoms with Gasteiger partial charge in [-0.1, -0.05) is 18.2 Å². The molecule has 0 radical (unpaired) electrons. The number of nitrogens with one attached hydrogen (secondary N) is 2. The molecule has 0 spiro atoms. The molecule has 1 aliphatic rings. The van der Waals surface area contributed by atoms with Crippen LogP contribution in [-0.2, 0) is 11.3 Å². The zero-order chi connectivity index (χ0) is 23.7. The first-order valence-corrected chi connectivity index (χ1v) is 12.0. The first-order chi connectivity index (χ1) is 16.5. The monoisotopic (exact) mass is 471 g/mol. The van der Waals surface area contributed by atoms with Crippen LogP contribution in [0.25, 0.3) is 10.1 Å². The first kappa shape index (κ1) is 21.9. The molecule has 0 bridgehead atoms. The van der Waals surface area contributed by atoms with Gasteiger partial charge in [-0.2, -0.15) is 0 Å².